The molecule has 1 fully saturated rings. The molecular formula is C16H25ClN2O. The molecule has 1 aliphatic rings. The van der Waals surface area contributed by atoms with Crippen LogP contribution >= 0.6 is 11.6 Å². The van der Waals surface area contributed by atoms with E-state index >= 15 is 0 Å². The Morgan fingerprint density at radius 3 is 3.00 bits per heavy atom. The number of halogens is 1. The smallest absolute Gasteiger partial charge is 0.0642 e. The molecule has 1 aliphatic heterocycles. The SMILES string of the molecule is CCCNCc1ccc(N2CCCC(CO)C2)c(Cl)c1. The van der Waals surface area contributed by atoms with Crippen molar-refractivity contribution >= 4 is 17.3 Å². The maximum atomic E-state index is 9.32. The third kappa shape index (κ3) is 4.11. The maximum absolute atomic E-state index is 9.32. The fourth-order valence-electron chi connectivity index (χ4n) is 2.76. The molecule has 2 N–H and O–H groups in total. The zero-order valence-electron chi connectivity index (χ0n) is 12.2. The lowest BCUT2D eigenvalue weighted by Gasteiger charge is -2.34. The standard InChI is InChI=1S/C16H25ClN2O/c1-2-7-18-10-13-5-6-16(15(17)9-13)19-8-3-4-14(11-19)12-20/h5-6,9,14,18,20H,2-4,7-8,10-12H2,1H3. The summed E-state index contributed by atoms with van der Waals surface area (Å²) in [4.78, 5) is 2.30. The van der Waals surface area contributed by atoms with Gasteiger partial charge in [0.15, 0.2) is 0 Å². The van der Waals surface area contributed by atoms with Crippen LogP contribution in [0, 0.1) is 5.92 Å². The van der Waals surface area contributed by atoms with Gasteiger partial charge in [0.2, 0.25) is 0 Å². The molecule has 112 valence electrons. The number of aliphatic hydroxyl groups is 1. The molecular weight excluding hydrogens is 272 g/mol. The van der Waals surface area contributed by atoms with Gasteiger partial charge in [0.05, 0.1) is 10.7 Å². The molecule has 0 bridgehead atoms. The number of nitrogens with one attached hydrogen (secondary N) is 1. The number of rotatable bonds is 6. The van der Waals surface area contributed by atoms with Gasteiger partial charge >= 0.3 is 0 Å². The van der Waals surface area contributed by atoms with E-state index in [9.17, 15) is 5.11 Å². The number of nitrogens with zero attached hydrogens (tertiary/aromatic N) is 1. The van der Waals surface area contributed by atoms with E-state index in [0.29, 0.717) is 5.92 Å². The van der Waals surface area contributed by atoms with Gasteiger partial charge in [-0.2, -0.15) is 0 Å². The van der Waals surface area contributed by atoms with Crippen LogP contribution in [0.1, 0.15) is 31.7 Å². The van der Waals surface area contributed by atoms with Gasteiger partial charge in [0.25, 0.3) is 0 Å². The number of benzene rings is 1. The Bertz CT molecular complexity index is 425. The van der Waals surface area contributed by atoms with Gasteiger partial charge in [-0.05, 0) is 49.4 Å². The Hall–Kier alpha value is -0.770. The minimum absolute atomic E-state index is 0.271. The number of anilines is 1. The predicted molar refractivity (Wildman–Crippen MR) is 85.5 cm³/mol. The van der Waals surface area contributed by atoms with Crippen LogP contribution in [-0.4, -0.2) is 31.3 Å². The maximum Gasteiger partial charge on any atom is 0.0642 e. The normalized spacial score (nSPS) is 19.4. The van der Waals surface area contributed by atoms with E-state index in [-0.39, 0.29) is 6.61 Å². The second-order valence-corrected chi connectivity index (χ2v) is 6.01. The van der Waals surface area contributed by atoms with Crippen LogP contribution in [-0.2, 0) is 6.54 Å². The van der Waals surface area contributed by atoms with Crippen molar-refractivity contribution < 1.29 is 5.11 Å². The first-order valence-corrected chi connectivity index (χ1v) is 7.97. The third-order valence-electron chi connectivity index (χ3n) is 3.89. The summed E-state index contributed by atoms with van der Waals surface area (Å²) in [6, 6.07) is 6.32. The van der Waals surface area contributed by atoms with Gasteiger partial charge < -0.3 is 15.3 Å². The van der Waals surface area contributed by atoms with Crippen molar-refractivity contribution in [3.63, 3.8) is 0 Å². The molecule has 0 radical (unpaired) electrons. The molecule has 0 aromatic heterocycles. The van der Waals surface area contributed by atoms with E-state index in [4.69, 9.17) is 11.6 Å². The summed E-state index contributed by atoms with van der Waals surface area (Å²) in [7, 11) is 0. The van der Waals surface area contributed by atoms with Crippen molar-refractivity contribution in [1.82, 2.24) is 5.32 Å². The predicted octanol–water partition coefficient (Wildman–Crippen LogP) is 3.05. The summed E-state index contributed by atoms with van der Waals surface area (Å²) in [6.07, 6.45) is 3.38. The zero-order valence-corrected chi connectivity index (χ0v) is 13.0. The Morgan fingerprint density at radius 1 is 1.45 bits per heavy atom. The molecule has 3 nitrogen and oxygen atoms in total. The van der Waals surface area contributed by atoms with Crippen molar-refractivity contribution in [2.75, 3.05) is 31.1 Å². The monoisotopic (exact) mass is 296 g/mol. The molecule has 1 aromatic carbocycles. The van der Waals surface area contributed by atoms with E-state index in [0.717, 1.165) is 56.2 Å². The van der Waals surface area contributed by atoms with Gasteiger partial charge in [0.1, 0.15) is 0 Å². The molecule has 0 saturated carbocycles. The second-order valence-electron chi connectivity index (χ2n) is 5.60. The van der Waals surface area contributed by atoms with E-state index in [1.807, 2.05) is 0 Å². The molecule has 2 rings (SSSR count). The average molecular weight is 297 g/mol. The minimum atomic E-state index is 0.271. The van der Waals surface area contributed by atoms with E-state index in [2.05, 4.69) is 35.3 Å². The third-order valence-corrected chi connectivity index (χ3v) is 4.19. The number of piperidine rings is 1. The van der Waals surface area contributed by atoms with Crippen LogP contribution in [0.3, 0.4) is 0 Å². The van der Waals surface area contributed by atoms with Crippen molar-refractivity contribution in [2.45, 2.75) is 32.7 Å². The first-order chi connectivity index (χ1) is 9.74. The highest BCUT2D eigenvalue weighted by Gasteiger charge is 2.20. The largest absolute Gasteiger partial charge is 0.396 e. The molecule has 0 amide bonds. The lowest BCUT2D eigenvalue weighted by Crippen LogP contribution is -2.36. The van der Waals surface area contributed by atoms with E-state index in [1.54, 1.807) is 0 Å². The van der Waals surface area contributed by atoms with Crippen LogP contribution in [0.15, 0.2) is 18.2 Å². The Kier molecular flexibility index (Phi) is 6.14. The summed E-state index contributed by atoms with van der Waals surface area (Å²) in [5, 5.41) is 13.5. The number of hydrogen-bond acceptors (Lipinski definition) is 3. The van der Waals surface area contributed by atoms with Gasteiger partial charge in [-0.1, -0.05) is 24.6 Å². The molecule has 1 aromatic rings. The van der Waals surface area contributed by atoms with Crippen LogP contribution in [0.2, 0.25) is 5.02 Å². The topological polar surface area (TPSA) is 35.5 Å². The highest BCUT2D eigenvalue weighted by Crippen LogP contribution is 2.30. The van der Waals surface area contributed by atoms with Gasteiger partial charge in [-0.25, -0.2) is 0 Å². The van der Waals surface area contributed by atoms with Crippen molar-refractivity contribution in [1.29, 1.82) is 0 Å². The van der Waals surface area contributed by atoms with Crippen LogP contribution in [0.5, 0.6) is 0 Å². The van der Waals surface area contributed by atoms with E-state index < -0.39 is 0 Å². The van der Waals surface area contributed by atoms with Crippen LogP contribution in [0.25, 0.3) is 0 Å². The number of aliphatic hydroxyl groups excluding tert-OH is 1. The molecule has 20 heavy (non-hydrogen) atoms. The van der Waals surface area contributed by atoms with Crippen molar-refractivity contribution in [3.8, 4) is 0 Å². The lowest BCUT2D eigenvalue weighted by atomic mass is 9.98. The summed E-state index contributed by atoms with van der Waals surface area (Å²) in [5.74, 6) is 0.380. The lowest BCUT2D eigenvalue weighted by molar-refractivity contribution is 0.209. The first kappa shape index (κ1) is 15.6. The summed E-state index contributed by atoms with van der Waals surface area (Å²) in [5.41, 5.74) is 2.33. The molecule has 4 heteroatoms. The highest BCUT2D eigenvalue weighted by atomic mass is 35.5. The Balaban J connectivity index is 2.01. The van der Waals surface area contributed by atoms with Crippen molar-refractivity contribution in [3.05, 3.63) is 28.8 Å². The fraction of sp³-hybridized carbons (Fsp3) is 0.625. The summed E-state index contributed by atoms with van der Waals surface area (Å²) < 4.78 is 0. The quantitative estimate of drug-likeness (QED) is 0.792. The van der Waals surface area contributed by atoms with Crippen LogP contribution < -0.4 is 10.2 Å². The van der Waals surface area contributed by atoms with E-state index in [1.165, 1.54) is 5.56 Å². The van der Waals surface area contributed by atoms with Crippen LogP contribution in [0.4, 0.5) is 5.69 Å². The zero-order chi connectivity index (χ0) is 14.4. The first-order valence-electron chi connectivity index (χ1n) is 7.59. The Labute approximate surface area is 126 Å². The van der Waals surface area contributed by atoms with Gasteiger partial charge in [-0.3, -0.25) is 0 Å². The highest BCUT2D eigenvalue weighted by molar-refractivity contribution is 6.33. The molecule has 1 unspecified atom stereocenters. The molecule has 0 spiro atoms. The summed E-state index contributed by atoms with van der Waals surface area (Å²) in [6.45, 7) is 6.27. The molecule has 1 atom stereocenters. The second kappa shape index (κ2) is 7.87. The molecule has 1 saturated heterocycles. The van der Waals surface area contributed by atoms with Gasteiger partial charge in [-0.15, -0.1) is 0 Å². The Morgan fingerprint density at radius 2 is 2.30 bits per heavy atom. The summed E-state index contributed by atoms with van der Waals surface area (Å²) >= 11 is 6.43. The minimum Gasteiger partial charge on any atom is -0.396 e. The molecule has 0 aliphatic carbocycles. The average Bonchev–Trinajstić information content (AvgIpc) is 2.48. The molecule has 1 heterocycles. The fourth-order valence-corrected chi connectivity index (χ4v) is 3.08. The number of hydrogen-bond donors (Lipinski definition) is 2. The van der Waals surface area contributed by atoms with Gasteiger partial charge in [0, 0.05) is 26.2 Å². The van der Waals surface area contributed by atoms with Crippen molar-refractivity contribution in [2.24, 2.45) is 5.92 Å².